The molecule has 0 spiro atoms. The van der Waals surface area contributed by atoms with E-state index in [0.29, 0.717) is 13.1 Å². The van der Waals surface area contributed by atoms with Gasteiger partial charge in [-0.1, -0.05) is 269 Å². The Kier molecular flexibility index (Phi) is 24.0. The Morgan fingerprint density at radius 1 is 0.356 bits per heavy atom. The summed E-state index contributed by atoms with van der Waals surface area (Å²) in [7, 11) is 0. The van der Waals surface area contributed by atoms with E-state index >= 15 is 0 Å². The SMILES string of the molecule is CC(C)COC(=O)Oc1c2n(ncc1=O)C(C(c1ccccc1)c1ccccc1)CN(C(C)C)C2=O.CC(C)OC(=O)Oc1c2n(ncc1=O)C(C(c1ccccc1)c1ccccc1)CN(C(C)C)C2=O.[2H]c1c([2H])c([2H])c(C(c2c([2H])c([2H])c(C)c([2H])c2[2H])[C@H]2CN(C(C)C)C(=O)c3c(OC(=O)C(C)C)c(=O)cnn32)c([2H])c1[2H].[2H]c1c([2H])c([2H])c(C(c2c([2H])c([2H])c([2H])c([2H])c2[2H])[C@H]2CN(C(C)C)C(=O)c3c(O)c(=O)cnn32)c([2H])c1[2H]. The number of hydrogen-bond donors (Lipinski definition) is 1. The van der Waals surface area contributed by atoms with Gasteiger partial charge in [-0.05, 0) is 127 Å². The molecule has 29 heteroatoms. The van der Waals surface area contributed by atoms with E-state index in [9.17, 15) is 57.8 Å². The quantitative estimate of drug-likeness (QED) is 0.0581. The van der Waals surface area contributed by atoms with E-state index in [1.807, 2.05) is 163 Å². The molecule has 29 nitrogen and oxygen atoms in total. The lowest BCUT2D eigenvalue weighted by atomic mass is 9.83. The molecule has 8 heterocycles. The molecule has 0 bridgehead atoms. The molecule has 3 unspecified atom stereocenters. The van der Waals surface area contributed by atoms with Gasteiger partial charge in [-0.15, -0.1) is 0 Å². The van der Waals surface area contributed by atoms with Gasteiger partial charge in [0, 0.05) is 74.0 Å². The highest BCUT2D eigenvalue weighted by atomic mass is 16.7. The van der Waals surface area contributed by atoms with Crippen LogP contribution in [0.15, 0.2) is 280 Å². The van der Waals surface area contributed by atoms with E-state index in [1.54, 1.807) is 56.0 Å². The lowest BCUT2D eigenvalue weighted by Gasteiger charge is -2.41. The number of benzene rings is 8. The number of esters is 1. The monoisotopic (exact) mass is 1850 g/mol. The van der Waals surface area contributed by atoms with E-state index in [4.69, 9.17) is 49.7 Å². The summed E-state index contributed by atoms with van der Waals surface area (Å²) in [5, 5.41) is 27.5. The zero-order valence-electron chi connectivity index (χ0n) is 95.9. The molecule has 5 atom stereocenters. The number of carbonyl (C=O) groups excluding carboxylic acids is 7. The second-order valence-corrected chi connectivity index (χ2v) is 34.4. The number of aromatic hydroxyl groups is 1. The number of aromatic nitrogens is 8. The van der Waals surface area contributed by atoms with E-state index < -0.39 is 260 Å². The van der Waals surface area contributed by atoms with Crippen molar-refractivity contribution < 1.29 is 88.4 Å². The third-order valence-electron chi connectivity index (χ3n) is 22.7. The van der Waals surface area contributed by atoms with Crippen LogP contribution in [0.3, 0.4) is 0 Å². The first-order chi connectivity index (χ1) is 72.6. The summed E-state index contributed by atoms with van der Waals surface area (Å²) in [6.45, 7) is 26.3. The summed E-state index contributed by atoms with van der Waals surface area (Å²) in [4.78, 5) is 148. The number of fused-ring (bicyclic) bond motifs is 4. The van der Waals surface area contributed by atoms with Crippen LogP contribution in [-0.2, 0) is 14.3 Å². The van der Waals surface area contributed by atoms with Gasteiger partial charge in [0.2, 0.25) is 39.0 Å². The Balaban J connectivity index is 0.000000171. The van der Waals surface area contributed by atoms with Crippen LogP contribution in [0.4, 0.5) is 9.59 Å². The Labute approximate surface area is 810 Å². The van der Waals surface area contributed by atoms with Crippen molar-refractivity contribution in [3.63, 3.8) is 0 Å². The number of carbonyl (C=O) groups is 7. The van der Waals surface area contributed by atoms with E-state index in [1.165, 1.54) is 35.3 Å². The number of nitrogens with zero attached hydrogens (tertiary/aromatic N) is 12. The molecule has 700 valence electrons. The molecule has 0 saturated heterocycles. The van der Waals surface area contributed by atoms with Gasteiger partial charge in [0.15, 0.2) is 28.5 Å². The molecule has 4 aliphatic heterocycles. The van der Waals surface area contributed by atoms with E-state index in [-0.39, 0.29) is 101 Å². The molecule has 4 aliphatic rings. The van der Waals surface area contributed by atoms with Crippen molar-refractivity contribution in [1.29, 1.82) is 0 Å². The molecule has 12 aromatic rings. The number of hydrogen-bond acceptors (Lipinski definition) is 21. The van der Waals surface area contributed by atoms with Gasteiger partial charge in [0.25, 0.3) is 23.6 Å². The highest BCUT2D eigenvalue weighted by Gasteiger charge is 2.47. The number of ether oxygens (including phenoxy) is 5. The van der Waals surface area contributed by atoms with Crippen molar-refractivity contribution in [2.24, 2.45) is 11.8 Å². The highest BCUT2D eigenvalue weighted by Crippen LogP contribution is 2.46. The maximum absolute atomic E-state index is 13.8. The summed E-state index contributed by atoms with van der Waals surface area (Å²) in [6, 6.07) is 23.1. The molecule has 0 aliphatic carbocycles. The molecule has 0 saturated carbocycles. The largest absolute Gasteiger partial charge is 0.514 e. The normalized spacial score (nSPS) is 17.8. The van der Waals surface area contributed by atoms with Crippen LogP contribution in [0, 0.1) is 18.8 Å². The molecular formula is C106H114N12O17. The van der Waals surface area contributed by atoms with Gasteiger partial charge >= 0.3 is 18.3 Å². The Morgan fingerprint density at radius 3 is 0.926 bits per heavy atom. The first kappa shape index (κ1) is 74.5. The van der Waals surface area contributed by atoms with Gasteiger partial charge in [-0.3, -0.25) is 61.9 Å². The fourth-order valence-corrected chi connectivity index (χ4v) is 16.3. The molecule has 16 rings (SSSR count). The maximum Gasteiger partial charge on any atom is 0.514 e. The van der Waals surface area contributed by atoms with Gasteiger partial charge in [-0.25, -0.2) is 9.59 Å². The summed E-state index contributed by atoms with van der Waals surface area (Å²) in [6.07, 6.45) is 1.22. The molecule has 0 radical (unpaired) electrons. The fourth-order valence-electron chi connectivity index (χ4n) is 16.3. The molecule has 4 aromatic heterocycles. The minimum absolute atomic E-state index is 0.0382. The topological polar surface area (TPSA) is 338 Å². The van der Waals surface area contributed by atoms with Crippen LogP contribution < -0.4 is 35.9 Å². The van der Waals surface area contributed by atoms with Gasteiger partial charge in [0.1, 0.15) is 0 Å². The third-order valence-corrected chi connectivity index (χ3v) is 22.7. The van der Waals surface area contributed by atoms with Crippen molar-refractivity contribution in [1.82, 2.24) is 58.7 Å². The van der Waals surface area contributed by atoms with Crippen LogP contribution >= 0.6 is 0 Å². The van der Waals surface area contributed by atoms with Crippen LogP contribution in [-0.4, -0.2) is 169 Å². The van der Waals surface area contributed by atoms with Crippen LogP contribution in [0.2, 0.25) is 0 Å². The first-order valence-corrected chi connectivity index (χ1v) is 43.9. The first-order valence-electron chi connectivity index (χ1n) is 53.4. The van der Waals surface area contributed by atoms with E-state index in [0.717, 1.165) is 56.4 Å². The lowest BCUT2D eigenvalue weighted by molar-refractivity contribution is -0.137. The van der Waals surface area contributed by atoms with Crippen molar-refractivity contribution in [2.45, 2.75) is 182 Å². The highest BCUT2D eigenvalue weighted by molar-refractivity contribution is 5.99. The van der Waals surface area contributed by atoms with Crippen molar-refractivity contribution >= 4 is 41.9 Å². The zero-order valence-corrected chi connectivity index (χ0v) is 76.9. The second-order valence-electron chi connectivity index (χ2n) is 34.4. The van der Waals surface area contributed by atoms with Gasteiger partial charge < -0.3 is 48.4 Å². The molecular weight excluding hydrogens is 1710 g/mol. The minimum Gasteiger partial charge on any atom is -0.502 e. The second kappa shape index (κ2) is 43.6. The molecule has 0 fully saturated rings. The average Bonchev–Trinajstić information content (AvgIpc) is 0.716. The molecule has 1 N–H and O–H groups in total. The molecule has 4 amide bonds. The minimum atomic E-state index is -1.56. The third kappa shape index (κ3) is 22.0. The molecule has 135 heavy (non-hydrogen) atoms. The predicted octanol–water partition coefficient (Wildman–Crippen LogP) is 16.6. The summed E-state index contributed by atoms with van der Waals surface area (Å²) in [5.74, 6) is -9.43. The Morgan fingerprint density at radius 2 is 0.630 bits per heavy atom. The predicted molar refractivity (Wildman–Crippen MR) is 510 cm³/mol. The standard InChI is InChI=1S/C28H31N3O5.C28H31N3O4.C27H29N3O5.C23H23N3O3/c1-18(2)17-35-28(34)36-26-23(32)15-29-31-22(16-30(19(3)4)27(33)25(26)31)24(20-11-7-5-8-12-20)21-13-9-6-10-14-21;1-17(2)28(34)35-26-23(32)15-29-31-22(16-30(18(3)4)27(33)25(26)31)24(20-9-7-6-8-10-20)21-13-11-19(5)12-14-21;1-17(2)29-16-21(23(19-11-7-5-8-12-19)20-13-9-6-10-14-20)30-24(26(29)32)25(22(31)15-28-30)35-27(33)34-18(3)4;1-15(2)25-14-18(26-21(23(25)29)22(28)19(27)13-24-26)20(16-9-5-3-6-10-16)17-11-7-4-8-12-17/h5-15,18-19,22,24H,16-17H2,1-4H3;6-15,17-18,22,24H,16H2,1-5H3;5-15,17-18,21,23H,16H2,1-4H3;3-13,15,18,20,28H,14H2,1-2H3/t;22-,24?;;18-/m.1.1/s1/i;6D,7D,8D,9D,10D,11D,12D,13D,14D;;3D,4D,5D,6D,7D,8D,9D,10D,11D,12D. The zero-order chi connectivity index (χ0) is 113. The number of rotatable bonds is 23. The van der Waals surface area contributed by atoms with Crippen LogP contribution in [0.5, 0.6) is 23.0 Å². The van der Waals surface area contributed by atoms with Crippen molar-refractivity contribution in [2.75, 3.05) is 32.8 Å². The summed E-state index contributed by atoms with van der Waals surface area (Å²) < 4.78 is 192. The van der Waals surface area contributed by atoms with Crippen LogP contribution in [0.25, 0.3) is 0 Å². The lowest BCUT2D eigenvalue weighted by Crippen LogP contribution is -2.50. The average molecular weight is 1850 g/mol. The molecule has 8 aromatic carbocycles. The van der Waals surface area contributed by atoms with E-state index in [2.05, 4.69) is 20.4 Å². The van der Waals surface area contributed by atoms with Crippen LogP contribution in [0.1, 0.15) is 263 Å². The Bertz CT molecular complexity index is 7370. The Hall–Kier alpha value is -15.0. The fraction of sp³-hybridized carbons (Fsp3) is 0.330. The smallest absolute Gasteiger partial charge is 0.502 e. The van der Waals surface area contributed by atoms with Gasteiger partial charge in [0.05, 0.1) is 93.6 Å². The maximum atomic E-state index is 13.8. The summed E-state index contributed by atoms with van der Waals surface area (Å²) in [5.41, 5.74) is -1.46. The van der Waals surface area contributed by atoms with Crippen molar-refractivity contribution in [3.8, 4) is 23.0 Å². The number of amides is 4. The van der Waals surface area contributed by atoms with Gasteiger partial charge in [-0.2, -0.15) is 20.4 Å². The summed E-state index contributed by atoms with van der Waals surface area (Å²) >= 11 is 0. The van der Waals surface area contributed by atoms with Crippen molar-refractivity contribution in [3.05, 3.63) is 375 Å².